The smallest absolute Gasteiger partial charge is 0.143 e. The molecular formula is C23H24N4S. The number of hydrogen-bond acceptors (Lipinski definition) is 5. The third-order valence-electron chi connectivity index (χ3n) is 4.99. The lowest BCUT2D eigenvalue weighted by atomic mass is 10.0. The van der Waals surface area contributed by atoms with Gasteiger partial charge in [-0.25, -0.2) is 9.97 Å². The SMILES string of the molecule is CCN(CC)c1ccc(Nc2ncnc3scc(-c4ccc(C)cc4)c23)cc1. The van der Waals surface area contributed by atoms with Crippen LogP contribution in [-0.2, 0) is 0 Å². The highest BCUT2D eigenvalue weighted by molar-refractivity contribution is 7.17. The summed E-state index contributed by atoms with van der Waals surface area (Å²) in [4.78, 5) is 12.3. The van der Waals surface area contributed by atoms with Crippen molar-refractivity contribution < 1.29 is 0 Å². The molecule has 4 rings (SSSR count). The van der Waals surface area contributed by atoms with Crippen LogP contribution in [0.5, 0.6) is 0 Å². The van der Waals surface area contributed by atoms with Crippen LogP contribution < -0.4 is 10.2 Å². The summed E-state index contributed by atoms with van der Waals surface area (Å²) in [5.41, 5.74) is 5.87. The van der Waals surface area contributed by atoms with Gasteiger partial charge in [-0.1, -0.05) is 29.8 Å². The van der Waals surface area contributed by atoms with Crippen molar-refractivity contribution >= 4 is 38.7 Å². The molecule has 2 aromatic heterocycles. The second-order valence-electron chi connectivity index (χ2n) is 6.76. The zero-order chi connectivity index (χ0) is 19.5. The van der Waals surface area contributed by atoms with E-state index in [1.54, 1.807) is 17.7 Å². The monoisotopic (exact) mass is 388 g/mol. The molecular weight excluding hydrogens is 364 g/mol. The van der Waals surface area contributed by atoms with Crippen molar-refractivity contribution in [1.82, 2.24) is 9.97 Å². The maximum Gasteiger partial charge on any atom is 0.143 e. The average molecular weight is 389 g/mol. The molecule has 0 radical (unpaired) electrons. The zero-order valence-electron chi connectivity index (χ0n) is 16.4. The highest BCUT2D eigenvalue weighted by atomic mass is 32.1. The summed E-state index contributed by atoms with van der Waals surface area (Å²) >= 11 is 1.65. The first-order valence-corrected chi connectivity index (χ1v) is 10.5. The second kappa shape index (κ2) is 7.98. The summed E-state index contributed by atoms with van der Waals surface area (Å²) < 4.78 is 0. The minimum Gasteiger partial charge on any atom is -0.372 e. The van der Waals surface area contributed by atoms with Gasteiger partial charge in [-0.3, -0.25) is 0 Å². The first-order chi connectivity index (χ1) is 13.7. The molecule has 0 spiro atoms. The first kappa shape index (κ1) is 18.4. The molecule has 0 aliphatic heterocycles. The maximum absolute atomic E-state index is 4.54. The number of thiophene rings is 1. The van der Waals surface area contributed by atoms with Crippen molar-refractivity contribution in [3.8, 4) is 11.1 Å². The van der Waals surface area contributed by atoms with Gasteiger partial charge in [-0.15, -0.1) is 11.3 Å². The Morgan fingerprint density at radius 2 is 1.64 bits per heavy atom. The van der Waals surface area contributed by atoms with Crippen molar-refractivity contribution in [1.29, 1.82) is 0 Å². The number of hydrogen-bond donors (Lipinski definition) is 1. The van der Waals surface area contributed by atoms with E-state index in [1.807, 2.05) is 0 Å². The van der Waals surface area contributed by atoms with E-state index in [9.17, 15) is 0 Å². The Morgan fingerprint density at radius 3 is 2.32 bits per heavy atom. The molecule has 4 aromatic rings. The number of fused-ring (bicyclic) bond motifs is 1. The third-order valence-corrected chi connectivity index (χ3v) is 5.88. The fourth-order valence-corrected chi connectivity index (χ4v) is 4.31. The lowest BCUT2D eigenvalue weighted by Gasteiger charge is -2.21. The van der Waals surface area contributed by atoms with E-state index in [0.29, 0.717) is 0 Å². The number of aryl methyl sites for hydroxylation is 1. The van der Waals surface area contributed by atoms with Crippen LogP contribution in [0.1, 0.15) is 19.4 Å². The summed E-state index contributed by atoms with van der Waals surface area (Å²) in [6.07, 6.45) is 1.63. The van der Waals surface area contributed by atoms with Gasteiger partial charge in [0.2, 0.25) is 0 Å². The first-order valence-electron chi connectivity index (χ1n) is 9.61. The summed E-state index contributed by atoms with van der Waals surface area (Å²) in [6, 6.07) is 17.1. The summed E-state index contributed by atoms with van der Waals surface area (Å²) in [5, 5.41) is 6.73. The molecule has 0 aliphatic rings. The molecule has 2 aromatic carbocycles. The normalized spacial score (nSPS) is 11.0. The van der Waals surface area contributed by atoms with Crippen molar-refractivity contribution in [2.24, 2.45) is 0 Å². The topological polar surface area (TPSA) is 41.0 Å². The predicted octanol–water partition coefficient (Wildman–Crippen LogP) is 6.26. The molecule has 4 nitrogen and oxygen atoms in total. The molecule has 28 heavy (non-hydrogen) atoms. The Hall–Kier alpha value is -2.92. The van der Waals surface area contributed by atoms with Crippen LogP contribution in [0.2, 0.25) is 0 Å². The number of rotatable bonds is 6. The van der Waals surface area contributed by atoms with Crippen LogP contribution in [0, 0.1) is 6.92 Å². The molecule has 1 N–H and O–H groups in total. The van der Waals surface area contributed by atoms with Crippen LogP contribution in [0.4, 0.5) is 17.2 Å². The largest absolute Gasteiger partial charge is 0.372 e. The highest BCUT2D eigenvalue weighted by Crippen LogP contribution is 2.37. The Kier molecular flexibility index (Phi) is 5.26. The fraction of sp³-hybridized carbons (Fsp3) is 0.217. The zero-order valence-corrected chi connectivity index (χ0v) is 17.3. The van der Waals surface area contributed by atoms with Crippen LogP contribution in [0.15, 0.2) is 60.2 Å². The Bertz CT molecular complexity index is 1060. The van der Waals surface area contributed by atoms with Crippen molar-refractivity contribution in [2.75, 3.05) is 23.3 Å². The van der Waals surface area contributed by atoms with E-state index in [0.717, 1.165) is 34.8 Å². The Labute approximate surface area is 169 Å². The van der Waals surface area contributed by atoms with Gasteiger partial charge in [-0.05, 0) is 50.6 Å². The van der Waals surface area contributed by atoms with Crippen LogP contribution >= 0.6 is 11.3 Å². The fourth-order valence-electron chi connectivity index (χ4n) is 3.40. The Morgan fingerprint density at radius 1 is 0.929 bits per heavy atom. The average Bonchev–Trinajstić information content (AvgIpc) is 3.16. The van der Waals surface area contributed by atoms with E-state index in [4.69, 9.17) is 0 Å². The van der Waals surface area contributed by atoms with E-state index in [2.05, 4.69) is 94.9 Å². The minimum atomic E-state index is 0.845. The Balaban J connectivity index is 1.69. The van der Waals surface area contributed by atoms with Crippen molar-refractivity contribution in [2.45, 2.75) is 20.8 Å². The van der Waals surface area contributed by atoms with Gasteiger partial charge in [0.15, 0.2) is 0 Å². The molecule has 0 atom stereocenters. The molecule has 5 heteroatoms. The quantitative estimate of drug-likeness (QED) is 0.423. The molecule has 0 unspecified atom stereocenters. The summed E-state index contributed by atoms with van der Waals surface area (Å²) in [6.45, 7) is 8.47. The summed E-state index contributed by atoms with van der Waals surface area (Å²) in [7, 11) is 0. The highest BCUT2D eigenvalue weighted by Gasteiger charge is 2.13. The van der Waals surface area contributed by atoms with Crippen LogP contribution in [-0.4, -0.2) is 23.1 Å². The van der Waals surface area contributed by atoms with Gasteiger partial charge in [0.25, 0.3) is 0 Å². The number of nitrogens with one attached hydrogen (secondary N) is 1. The lowest BCUT2D eigenvalue weighted by Crippen LogP contribution is -2.21. The van der Waals surface area contributed by atoms with Gasteiger partial charge in [0.05, 0.1) is 5.39 Å². The second-order valence-corrected chi connectivity index (χ2v) is 7.62. The predicted molar refractivity (Wildman–Crippen MR) is 121 cm³/mol. The molecule has 2 heterocycles. The van der Waals surface area contributed by atoms with E-state index in [1.165, 1.54) is 22.4 Å². The molecule has 0 saturated carbocycles. The number of benzene rings is 2. The standard InChI is InChI=1S/C23H24N4S/c1-4-27(5-2)19-12-10-18(11-13-19)26-22-21-20(14-28-23(21)25-15-24-22)17-8-6-16(3)7-9-17/h6-15H,4-5H2,1-3H3,(H,24,25,26). The van der Waals surface area contributed by atoms with Gasteiger partial charge in [0, 0.05) is 35.4 Å². The van der Waals surface area contributed by atoms with Gasteiger partial charge in [-0.2, -0.15) is 0 Å². The molecule has 0 bridgehead atoms. The van der Waals surface area contributed by atoms with Gasteiger partial charge >= 0.3 is 0 Å². The van der Waals surface area contributed by atoms with E-state index in [-0.39, 0.29) is 0 Å². The van der Waals surface area contributed by atoms with Gasteiger partial charge in [0.1, 0.15) is 17.0 Å². The third kappa shape index (κ3) is 3.58. The van der Waals surface area contributed by atoms with E-state index < -0.39 is 0 Å². The van der Waals surface area contributed by atoms with Crippen LogP contribution in [0.3, 0.4) is 0 Å². The molecule has 142 valence electrons. The van der Waals surface area contributed by atoms with Crippen molar-refractivity contribution in [3.63, 3.8) is 0 Å². The minimum absolute atomic E-state index is 0.845. The molecule has 0 fully saturated rings. The number of nitrogens with zero attached hydrogens (tertiary/aromatic N) is 3. The van der Waals surface area contributed by atoms with Gasteiger partial charge < -0.3 is 10.2 Å². The summed E-state index contributed by atoms with van der Waals surface area (Å²) in [5.74, 6) is 0.845. The molecule has 0 aliphatic carbocycles. The number of anilines is 3. The van der Waals surface area contributed by atoms with Crippen molar-refractivity contribution in [3.05, 3.63) is 65.8 Å². The molecule has 0 saturated heterocycles. The van der Waals surface area contributed by atoms with E-state index >= 15 is 0 Å². The lowest BCUT2D eigenvalue weighted by molar-refractivity contribution is 0.866. The van der Waals surface area contributed by atoms with Crippen LogP contribution in [0.25, 0.3) is 21.3 Å². The maximum atomic E-state index is 4.54. The number of aromatic nitrogens is 2. The molecule has 0 amide bonds.